The van der Waals surface area contributed by atoms with Crippen LogP contribution in [0.2, 0.25) is 0 Å². The van der Waals surface area contributed by atoms with Gasteiger partial charge in [-0.25, -0.2) is 9.97 Å². The van der Waals surface area contributed by atoms with Gasteiger partial charge in [-0.15, -0.1) is 0 Å². The van der Waals surface area contributed by atoms with E-state index in [1.54, 1.807) is 0 Å². The zero-order chi connectivity index (χ0) is 42.9. The second-order valence-electron chi connectivity index (χ2n) is 18.6. The van der Waals surface area contributed by atoms with Crippen molar-refractivity contribution in [3.63, 3.8) is 0 Å². The van der Waals surface area contributed by atoms with Crippen molar-refractivity contribution in [2.75, 3.05) is 4.90 Å². The maximum absolute atomic E-state index is 5.59. The molecule has 4 nitrogen and oxygen atoms in total. The highest BCUT2D eigenvalue weighted by atomic mass is 15.2. The molecule has 0 radical (unpaired) electrons. The number of fused-ring (bicyclic) bond motifs is 10. The van der Waals surface area contributed by atoms with Crippen LogP contribution in [-0.2, 0) is 10.8 Å². The zero-order valence-corrected chi connectivity index (χ0v) is 36.3. The second-order valence-corrected chi connectivity index (χ2v) is 18.6. The third kappa shape index (κ3) is 5.11. The fourth-order valence-electron chi connectivity index (χ4n) is 11.3. The molecule has 13 rings (SSSR count). The first-order valence-electron chi connectivity index (χ1n) is 22.3. The molecule has 304 valence electrons. The molecule has 64 heavy (non-hydrogen) atoms. The Morgan fingerprint density at radius 2 is 1.08 bits per heavy atom. The van der Waals surface area contributed by atoms with Gasteiger partial charge in [0.25, 0.3) is 0 Å². The van der Waals surface area contributed by atoms with Crippen LogP contribution in [-0.4, -0.2) is 14.5 Å². The molecule has 0 spiro atoms. The Kier molecular flexibility index (Phi) is 7.67. The molecule has 0 N–H and O–H groups in total. The van der Waals surface area contributed by atoms with Gasteiger partial charge in [-0.1, -0.05) is 179 Å². The van der Waals surface area contributed by atoms with E-state index in [0.29, 0.717) is 5.95 Å². The van der Waals surface area contributed by atoms with E-state index in [9.17, 15) is 0 Å². The quantitative estimate of drug-likeness (QED) is 0.173. The van der Waals surface area contributed by atoms with Gasteiger partial charge in [0.2, 0.25) is 5.95 Å². The number of aromatic nitrogens is 3. The Labute approximate surface area is 372 Å². The summed E-state index contributed by atoms with van der Waals surface area (Å²) in [6.07, 6.45) is 0. The van der Waals surface area contributed by atoms with E-state index in [4.69, 9.17) is 9.97 Å². The molecular formula is C60H44N4. The number of nitrogens with zero attached hydrogens (tertiary/aromatic N) is 4. The number of rotatable bonds is 5. The number of hydrogen-bond acceptors (Lipinski definition) is 3. The van der Waals surface area contributed by atoms with Gasteiger partial charge in [0.05, 0.1) is 27.9 Å². The fourth-order valence-corrected chi connectivity index (χ4v) is 11.3. The Balaban J connectivity index is 1.09. The topological polar surface area (TPSA) is 34.0 Å². The molecule has 0 saturated heterocycles. The van der Waals surface area contributed by atoms with Crippen molar-refractivity contribution in [3.05, 3.63) is 216 Å². The van der Waals surface area contributed by atoms with E-state index < -0.39 is 0 Å². The largest absolute Gasteiger partial charge is 0.310 e. The molecule has 4 heteroatoms. The molecule has 0 saturated carbocycles. The van der Waals surface area contributed by atoms with Crippen molar-refractivity contribution < 1.29 is 0 Å². The van der Waals surface area contributed by atoms with Crippen molar-refractivity contribution in [2.24, 2.45) is 0 Å². The minimum Gasteiger partial charge on any atom is -0.310 e. The van der Waals surface area contributed by atoms with E-state index >= 15 is 0 Å². The third-order valence-electron chi connectivity index (χ3n) is 14.4. The molecule has 2 aliphatic rings. The highest BCUT2D eigenvalue weighted by Gasteiger charge is 2.37. The first kappa shape index (κ1) is 36.8. The lowest BCUT2D eigenvalue weighted by Gasteiger charge is -2.34. The summed E-state index contributed by atoms with van der Waals surface area (Å²) >= 11 is 0. The Morgan fingerprint density at radius 3 is 1.92 bits per heavy atom. The predicted octanol–water partition coefficient (Wildman–Crippen LogP) is 15.6. The van der Waals surface area contributed by atoms with Crippen LogP contribution in [0.25, 0.3) is 82.9 Å². The van der Waals surface area contributed by atoms with Crippen LogP contribution >= 0.6 is 0 Å². The van der Waals surface area contributed by atoms with E-state index in [1.165, 1.54) is 55.5 Å². The van der Waals surface area contributed by atoms with Crippen molar-refractivity contribution in [1.29, 1.82) is 0 Å². The van der Waals surface area contributed by atoms with Crippen molar-refractivity contribution in [2.45, 2.75) is 38.5 Å². The van der Waals surface area contributed by atoms with Crippen LogP contribution in [0.5, 0.6) is 0 Å². The van der Waals surface area contributed by atoms with E-state index in [2.05, 4.69) is 231 Å². The highest BCUT2D eigenvalue weighted by molar-refractivity contribution is 6.19. The lowest BCUT2D eigenvalue weighted by atomic mass is 9.70. The van der Waals surface area contributed by atoms with E-state index in [1.807, 2.05) is 0 Å². The van der Waals surface area contributed by atoms with Crippen LogP contribution in [0, 0.1) is 0 Å². The van der Waals surface area contributed by atoms with Crippen LogP contribution in [0.1, 0.15) is 49.9 Å². The SMILES string of the molecule is CC1(C)c2ccccc2-c2ccc(N(c3ccc4c(c3)c3ccc5ccccc5c3n4-c3nc4c5c(cccc5n3)C(C)(C)c3ccccc3-4)c3ccccc3-c3ccccc3)cc21. The molecule has 0 atom stereocenters. The summed E-state index contributed by atoms with van der Waals surface area (Å²) in [5.74, 6) is 0.671. The summed E-state index contributed by atoms with van der Waals surface area (Å²) in [5, 5.41) is 5.77. The number of anilines is 3. The molecule has 2 aromatic heterocycles. The second kappa shape index (κ2) is 13.3. The molecular weight excluding hydrogens is 777 g/mol. The van der Waals surface area contributed by atoms with Gasteiger partial charge in [-0.2, -0.15) is 0 Å². The van der Waals surface area contributed by atoms with Crippen molar-refractivity contribution in [1.82, 2.24) is 14.5 Å². The van der Waals surface area contributed by atoms with Gasteiger partial charge in [0, 0.05) is 54.9 Å². The van der Waals surface area contributed by atoms with E-state index in [0.717, 1.165) is 60.9 Å². The van der Waals surface area contributed by atoms with Gasteiger partial charge < -0.3 is 4.90 Å². The molecule has 2 heterocycles. The highest BCUT2D eigenvalue weighted by Crippen LogP contribution is 2.52. The van der Waals surface area contributed by atoms with Gasteiger partial charge in [0.15, 0.2) is 0 Å². The normalized spacial score (nSPS) is 14.2. The smallest absolute Gasteiger partial charge is 0.235 e. The summed E-state index contributed by atoms with van der Waals surface area (Å²) in [5.41, 5.74) is 18.5. The fraction of sp³-hybridized carbons (Fsp3) is 0.100. The monoisotopic (exact) mass is 820 g/mol. The Bertz CT molecular complexity index is 3740. The summed E-state index contributed by atoms with van der Waals surface area (Å²) in [4.78, 5) is 13.5. The van der Waals surface area contributed by atoms with Crippen LogP contribution in [0.3, 0.4) is 0 Å². The molecule has 0 aliphatic heterocycles. The van der Waals surface area contributed by atoms with Gasteiger partial charge in [0.1, 0.15) is 0 Å². The summed E-state index contributed by atoms with van der Waals surface area (Å²) in [6, 6.07) is 71.1. The average Bonchev–Trinajstić information content (AvgIpc) is 3.79. The van der Waals surface area contributed by atoms with Gasteiger partial charge in [-0.05, 0) is 86.8 Å². The van der Waals surface area contributed by atoms with Crippen LogP contribution in [0.4, 0.5) is 17.1 Å². The van der Waals surface area contributed by atoms with Crippen LogP contribution in [0.15, 0.2) is 194 Å². The number of benzene rings is 9. The summed E-state index contributed by atoms with van der Waals surface area (Å²) < 4.78 is 2.32. The maximum atomic E-state index is 5.59. The maximum Gasteiger partial charge on any atom is 0.235 e. The first-order valence-corrected chi connectivity index (χ1v) is 22.3. The lowest BCUT2D eigenvalue weighted by molar-refractivity contribution is 0.643. The Morgan fingerprint density at radius 1 is 0.438 bits per heavy atom. The molecule has 2 aliphatic carbocycles. The van der Waals surface area contributed by atoms with E-state index in [-0.39, 0.29) is 10.8 Å². The molecule has 0 amide bonds. The molecule has 0 unspecified atom stereocenters. The molecule has 9 aromatic carbocycles. The minimum absolute atomic E-state index is 0.152. The number of para-hydroxylation sites is 1. The molecule has 0 fully saturated rings. The lowest BCUT2D eigenvalue weighted by Crippen LogP contribution is -2.24. The standard InChI is InChI=1S/C60H44N4/c1-59(2)49-25-14-11-23-46(49)56-55-50(59)26-16-27-52(55)61-58(62-56)64-54-34-31-39(35-47(54)45-32-29-38-19-8-9-21-42(38)57(45)64)63(53-28-15-12-20-41(53)37-17-6-5-7-18-37)40-30-33-44-43-22-10-13-24-48(43)60(3,4)51(44)36-40/h5-36H,1-4H3. The summed E-state index contributed by atoms with van der Waals surface area (Å²) in [6.45, 7) is 9.35. The summed E-state index contributed by atoms with van der Waals surface area (Å²) in [7, 11) is 0. The third-order valence-corrected chi connectivity index (χ3v) is 14.4. The first-order chi connectivity index (χ1) is 31.3. The predicted molar refractivity (Wildman–Crippen MR) is 267 cm³/mol. The average molecular weight is 821 g/mol. The Hall–Kier alpha value is -7.82. The molecule has 11 aromatic rings. The van der Waals surface area contributed by atoms with Crippen molar-refractivity contribution in [3.8, 4) is 39.5 Å². The molecule has 0 bridgehead atoms. The zero-order valence-electron chi connectivity index (χ0n) is 36.3. The minimum atomic E-state index is -0.184. The van der Waals surface area contributed by atoms with Crippen molar-refractivity contribution >= 4 is 60.5 Å². The van der Waals surface area contributed by atoms with Gasteiger partial charge >= 0.3 is 0 Å². The van der Waals surface area contributed by atoms with Gasteiger partial charge in [-0.3, -0.25) is 4.57 Å². The number of hydrogen-bond donors (Lipinski definition) is 0. The van der Waals surface area contributed by atoms with Crippen LogP contribution < -0.4 is 4.90 Å².